The third kappa shape index (κ3) is 4.18. The van der Waals surface area contributed by atoms with Crippen LogP contribution in [0.15, 0.2) is 127 Å². The Morgan fingerprint density at radius 1 is 0.627 bits per heavy atom. The summed E-state index contributed by atoms with van der Waals surface area (Å²) in [5.41, 5.74) is 0.814. The molecule has 5 aromatic carbocycles. The van der Waals surface area contributed by atoms with Crippen LogP contribution in [0.4, 0.5) is 11.4 Å². The van der Waals surface area contributed by atoms with E-state index in [9.17, 15) is 10.1 Å². The van der Waals surface area contributed by atoms with Crippen LogP contribution in [-0.2, 0) is 25.2 Å². The van der Waals surface area contributed by atoms with Crippen molar-refractivity contribution in [3.8, 4) is 11.5 Å². The molecule has 4 atom stereocenters. The second kappa shape index (κ2) is 11.6. The molecule has 0 N–H and O–H groups in total. The maximum atomic E-state index is 16.1. The van der Waals surface area contributed by atoms with Gasteiger partial charge in [0.25, 0.3) is 5.69 Å². The molecule has 1 saturated carbocycles. The number of amides is 2. The van der Waals surface area contributed by atoms with Crippen LogP contribution in [0.5, 0.6) is 11.5 Å². The molecule has 9 nitrogen and oxygen atoms in total. The molecule has 0 radical (unpaired) electrons. The summed E-state index contributed by atoms with van der Waals surface area (Å²) in [6, 6.07) is 37.5. The second-order valence-corrected chi connectivity index (χ2v) is 13.1. The highest BCUT2D eigenvalue weighted by molar-refractivity contribution is 6.39. The van der Waals surface area contributed by atoms with Crippen molar-refractivity contribution in [2.75, 3.05) is 19.1 Å². The Labute approximate surface area is 293 Å². The van der Waals surface area contributed by atoms with E-state index in [1.807, 2.05) is 109 Å². The predicted molar refractivity (Wildman–Crippen MR) is 191 cm³/mol. The van der Waals surface area contributed by atoms with E-state index in [0.29, 0.717) is 50.5 Å². The number of ether oxygens (including phenoxy) is 2. The molecule has 0 unspecified atom stereocenters. The number of allylic oxidation sites excluding steroid dienone is 2. The number of aryl methyl sites for hydroxylation is 1. The zero-order valence-corrected chi connectivity index (χ0v) is 28.0. The Morgan fingerprint density at radius 3 is 1.45 bits per heavy atom. The van der Waals surface area contributed by atoms with Gasteiger partial charge in [0.05, 0.1) is 47.5 Å². The summed E-state index contributed by atoms with van der Waals surface area (Å²) in [7, 11) is 3.15. The summed E-state index contributed by atoms with van der Waals surface area (Å²) in [6.07, 6.45) is 0. The fraction of sp³-hybridized carbons (Fsp3) is 0.167. The molecule has 0 spiro atoms. The first-order valence-corrected chi connectivity index (χ1v) is 16.5. The summed E-state index contributed by atoms with van der Waals surface area (Å²) in [5.74, 6) is -2.54. The van der Waals surface area contributed by atoms with Crippen molar-refractivity contribution in [2.45, 2.75) is 17.8 Å². The minimum Gasteiger partial charge on any atom is -0.497 e. The minimum atomic E-state index is -1.62. The number of methoxy groups -OCH3 is 2. The zero-order chi connectivity index (χ0) is 35.7. The fourth-order valence-corrected chi connectivity index (χ4v) is 8.83. The van der Waals surface area contributed by atoms with Crippen LogP contribution in [0.1, 0.15) is 27.8 Å². The van der Waals surface area contributed by atoms with Gasteiger partial charge >= 0.3 is 0 Å². The normalized spacial score (nSPS) is 23.5. The van der Waals surface area contributed by atoms with Gasteiger partial charge in [0.1, 0.15) is 11.5 Å². The summed E-state index contributed by atoms with van der Waals surface area (Å²) in [6.45, 7) is 1.60. The highest BCUT2D eigenvalue weighted by atomic mass is 16.6. The molecule has 252 valence electrons. The van der Waals surface area contributed by atoms with Crippen LogP contribution in [0.25, 0.3) is 11.1 Å². The largest absolute Gasteiger partial charge is 0.497 e. The standard InChI is InChI=1S/C42H32N2O7/c1-25-14-19-30(24-33(25)44(48)49)43-38(45)36-37(39(43)46)42(29-12-8-5-9-13-29)35(27-17-22-32(51-3)23-18-27)34(26-15-20-31(50-2)21-16-26)41(36,40(42)47)28-10-6-4-7-11-28/h4-24,36-37H,1-3H3/t36-,37+,41-,42-/m1/s1. The smallest absolute Gasteiger partial charge is 0.274 e. The molecule has 0 aromatic heterocycles. The molecule has 5 aromatic rings. The van der Waals surface area contributed by atoms with Gasteiger partial charge in [0.2, 0.25) is 11.8 Å². The molecule has 1 aliphatic heterocycles. The third-order valence-electron chi connectivity index (χ3n) is 10.9. The van der Waals surface area contributed by atoms with E-state index in [1.54, 1.807) is 27.2 Å². The summed E-state index contributed by atoms with van der Waals surface area (Å²) >= 11 is 0. The first-order chi connectivity index (χ1) is 24.7. The van der Waals surface area contributed by atoms with E-state index in [0.717, 1.165) is 4.90 Å². The number of fused-ring (bicyclic) bond motifs is 5. The van der Waals surface area contributed by atoms with E-state index in [-0.39, 0.29) is 17.2 Å². The molecule has 2 aliphatic carbocycles. The lowest BCUT2D eigenvalue weighted by Crippen LogP contribution is -2.45. The SMILES string of the molecule is COc1ccc(C2=C(c3ccc(OC)cc3)[C@@]3(c4ccccc4)C(=O)[C@@]2(c2ccccc2)[C@@H]2C(=O)N(c4ccc(C)c([N+](=O)[O-])c4)C(=O)[C@@H]23)cc1. The van der Waals surface area contributed by atoms with Gasteiger partial charge in [0, 0.05) is 11.6 Å². The number of nitrogens with zero attached hydrogens (tertiary/aromatic N) is 2. The molecule has 1 heterocycles. The van der Waals surface area contributed by atoms with Crippen molar-refractivity contribution in [2.24, 2.45) is 11.8 Å². The van der Waals surface area contributed by atoms with Crippen molar-refractivity contribution in [3.05, 3.63) is 165 Å². The number of imide groups is 1. The lowest BCUT2D eigenvalue weighted by molar-refractivity contribution is -0.385. The number of anilines is 1. The monoisotopic (exact) mass is 676 g/mol. The molecule has 2 fully saturated rings. The maximum Gasteiger partial charge on any atom is 0.274 e. The lowest BCUT2D eigenvalue weighted by Gasteiger charge is -2.39. The molecule has 51 heavy (non-hydrogen) atoms. The van der Waals surface area contributed by atoms with Crippen molar-refractivity contribution in [1.82, 2.24) is 0 Å². The second-order valence-electron chi connectivity index (χ2n) is 13.1. The molecule has 9 heteroatoms. The number of carbonyl (C=O) groups is 3. The summed E-state index contributed by atoms with van der Waals surface area (Å²) in [4.78, 5) is 59.0. The van der Waals surface area contributed by atoms with Crippen LogP contribution in [0.3, 0.4) is 0 Å². The average Bonchev–Trinajstić information content (AvgIpc) is 3.68. The molecule has 1 saturated heterocycles. The van der Waals surface area contributed by atoms with Crippen LogP contribution in [0, 0.1) is 28.9 Å². The fourth-order valence-electron chi connectivity index (χ4n) is 8.83. The minimum absolute atomic E-state index is 0.0898. The van der Waals surface area contributed by atoms with Gasteiger partial charge < -0.3 is 9.47 Å². The van der Waals surface area contributed by atoms with Crippen molar-refractivity contribution in [3.63, 3.8) is 0 Å². The van der Waals surface area contributed by atoms with E-state index in [1.165, 1.54) is 12.1 Å². The number of Topliss-reactive ketones (excluding diaryl/α,β-unsaturated/α-hetero) is 1. The Hall–Kier alpha value is -6.35. The number of rotatable bonds is 8. The van der Waals surface area contributed by atoms with Crippen LogP contribution < -0.4 is 14.4 Å². The topological polar surface area (TPSA) is 116 Å². The first kappa shape index (κ1) is 31.9. The quantitative estimate of drug-likeness (QED) is 0.0977. The highest BCUT2D eigenvalue weighted by Crippen LogP contribution is 2.74. The number of carbonyl (C=O) groups excluding carboxylic acids is 3. The Kier molecular flexibility index (Phi) is 7.27. The van der Waals surface area contributed by atoms with Gasteiger partial charge in [-0.05, 0) is 70.7 Å². The average molecular weight is 677 g/mol. The van der Waals surface area contributed by atoms with Crippen LogP contribution in [-0.4, -0.2) is 36.7 Å². The third-order valence-corrected chi connectivity index (χ3v) is 10.9. The van der Waals surface area contributed by atoms with E-state index in [4.69, 9.17) is 9.47 Å². The molecule has 2 bridgehead atoms. The van der Waals surface area contributed by atoms with Gasteiger partial charge in [-0.25, -0.2) is 4.90 Å². The molecule has 3 aliphatic rings. The molecule has 8 rings (SSSR count). The van der Waals surface area contributed by atoms with Crippen molar-refractivity contribution in [1.29, 1.82) is 0 Å². The van der Waals surface area contributed by atoms with E-state index < -0.39 is 39.4 Å². The summed E-state index contributed by atoms with van der Waals surface area (Å²) < 4.78 is 11.0. The number of hydrogen-bond donors (Lipinski definition) is 0. The number of ketones is 1. The van der Waals surface area contributed by atoms with E-state index in [2.05, 4.69) is 0 Å². The predicted octanol–water partition coefficient (Wildman–Crippen LogP) is 7.11. The number of nitro benzene ring substituents is 1. The van der Waals surface area contributed by atoms with Gasteiger partial charge in [-0.3, -0.25) is 24.5 Å². The number of benzene rings is 5. The Balaban J connectivity index is 1.52. The van der Waals surface area contributed by atoms with Crippen molar-refractivity contribution >= 4 is 40.1 Å². The Morgan fingerprint density at radius 2 is 1.06 bits per heavy atom. The van der Waals surface area contributed by atoms with Gasteiger partial charge in [-0.15, -0.1) is 0 Å². The Bertz CT molecular complexity index is 2160. The number of hydrogen-bond acceptors (Lipinski definition) is 7. The van der Waals surface area contributed by atoms with E-state index >= 15 is 14.4 Å². The van der Waals surface area contributed by atoms with Gasteiger partial charge in [-0.2, -0.15) is 0 Å². The van der Waals surface area contributed by atoms with Gasteiger partial charge in [-0.1, -0.05) is 91.0 Å². The van der Waals surface area contributed by atoms with Crippen LogP contribution >= 0.6 is 0 Å². The maximum absolute atomic E-state index is 16.1. The molecule has 2 amide bonds. The molecular formula is C42H32N2O7. The lowest BCUT2D eigenvalue weighted by atomic mass is 9.59. The van der Waals surface area contributed by atoms with Gasteiger partial charge in [0.15, 0.2) is 5.78 Å². The van der Waals surface area contributed by atoms with Crippen molar-refractivity contribution < 1.29 is 28.8 Å². The molecular weight excluding hydrogens is 644 g/mol. The first-order valence-electron chi connectivity index (χ1n) is 16.5. The highest BCUT2D eigenvalue weighted by Gasteiger charge is 2.82. The summed E-state index contributed by atoms with van der Waals surface area (Å²) in [5, 5.41) is 12.0. The van der Waals surface area contributed by atoms with Crippen LogP contribution in [0.2, 0.25) is 0 Å². The number of nitro groups is 1. The zero-order valence-electron chi connectivity index (χ0n) is 28.0.